The molecule has 0 aliphatic carbocycles. The van der Waals surface area contributed by atoms with E-state index < -0.39 is 15.8 Å². The first-order valence-corrected chi connectivity index (χ1v) is 8.51. The van der Waals surface area contributed by atoms with Crippen molar-refractivity contribution in [1.29, 1.82) is 0 Å². The summed E-state index contributed by atoms with van der Waals surface area (Å²) >= 11 is 9.04. The number of hydrogen-bond donors (Lipinski definition) is 0. The highest BCUT2D eigenvalue weighted by Gasteiger charge is 2.36. The number of carbonyl (C=O) groups is 2. The van der Waals surface area contributed by atoms with E-state index >= 15 is 0 Å². The molecule has 0 aliphatic rings. The van der Waals surface area contributed by atoms with Crippen LogP contribution in [0.4, 0.5) is 0 Å². The largest absolute Gasteiger partial charge is 0.471 e. The zero-order valence-corrected chi connectivity index (χ0v) is 16.3. The van der Waals surface area contributed by atoms with Crippen LogP contribution in [0.3, 0.4) is 0 Å². The second-order valence-electron chi connectivity index (χ2n) is 6.96. The molecule has 128 valence electrons. The lowest BCUT2D eigenvalue weighted by Gasteiger charge is -2.27. The number of Topliss-reactive ketones (excluding diaryl/α,β-unsaturated/α-hetero) is 1. The smallest absolute Gasteiger partial charge is 0.311 e. The van der Waals surface area contributed by atoms with E-state index in [-0.39, 0.29) is 18.4 Å². The van der Waals surface area contributed by atoms with Gasteiger partial charge < -0.3 is 9.47 Å². The molecular formula is C17H22BrClO4. The predicted molar refractivity (Wildman–Crippen MR) is 94.0 cm³/mol. The molecule has 0 aromatic heterocycles. The Labute approximate surface area is 150 Å². The summed E-state index contributed by atoms with van der Waals surface area (Å²) in [6, 6.07) is 6.71. The molecule has 1 aromatic carbocycles. The average molecular weight is 406 g/mol. The van der Waals surface area contributed by atoms with Gasteiger partial charge in [0.2, 0.25) is 5.01 Å². The molecule has 0 saturated heterocycles. The van der Waals surface area contributed by atoms with Crippen LogP contribution in [0.2, 0.25) is 5.02 Å². The first-order valence-electron chi connectivity index (χ1n) is 7.21. The van der Waals surface area contributed by atoms with Crippen LogP contribution >= 0.6 is 27.5 Å². The van der Waals surface area contributed by atoms with Crippen molar-refractivity contribution in [2.75, 3.05) is 6.61 Å². The second-order valence-corrected chi connectivity index (χ2v) is 8.23. The number of alkyl halides is 1. The number of halogens is 2. The number of hydrogen-bond acceptors (Lipinski definition) is 4. The van der Waals surface area contributed by atoms with Gasteiger partial charge in [0, 0.05) is 5.02 Å². The molecule has 1 rings (SSSR count). The Morgan fingerprint density at radius 2 is 1.65 bits per heavy atom. The fraction of sp³-hybridized carbons (Fsp3) is 0.529. The SMILES string of the molecule is CC(C)(C)C(=O)OCC(C)(C)C(=O)C(Br)Oc1ccc(Cl)cc1. The van der Waals surface area contributed by atoms with E-state index in [9.17, 15) is 9.59 Å². The third-order valence-electron chi connectivity index (χ3n) is 3.10. The monoisotopic (exact) mass is 404 g/mol. The Morgan fingerprint density at radius 1 is 1.13 bits per heavy atom. The van der Waals surface area contributed by atoms with Crippen LogP contribution in [0.25, 0.3) is 0 Å². The summed E-state index contributed by atoms with van der Waals surface area (Å²) in [4.78, 5) is 24.3. The van der Waals surface area contributed by atoms with E-state index in [1.807, 2.05) is 0 Å². The highest BCUT2D eigenvalue weighted by atomic mass is 79.9. The third kappa shape index (κ3) is 6.15. The summed E-state index contributed by atoms with van der Waals surface area (Å²) in [5.74, 6) is -0.0376. The molecule has 0 saturated carbocycles. The van der Waals surface area contributed by atoms with E-state index in [4.69, 9.17) is 21.1 Å². The van der Waals surface area contributed by atoms with Gasteiger partial charge in [-0.05, 0) is 74.8 Å². The second kappa shape index (κ2) is 7.67. The van der Waals surface area contributed by atoms with E-state index in [0.717, 1.165) is 0 Å². The van der Waals surface area contributed by atoms with E-state index in [2.05, 4.69) is 15.9 Å². The van der Waals surface area contributed by atoms with Crippen molar-refractivity contribution in [3.63, 3.8) is 0 Å². The summed E-state index contributed by atoms with van der Waals surface area (Å²) in [6.45, 7) is 8.72. The average Bonchev–Trinajstić information content (AvgIpc) is 2.45. The molecule has 0 heterocycles. The normalized spacial score (nSPS) is 13.3. The van der Waals surface area contributed by atoms with Crippen LogP contribution in [0.1, 0.15) is 34.6 Å². The summed E-state index contributed by atoms with van der Waals surface area (Å²) in [7, 11) is 0. The van der Waals surface area contributed by atoms with Crippen molar-refractivity contribution in [3.05, 3.63) is 29.3 Å². The number of esters is 1. The summed E-state index contributed by atoms with van der Waals surface area (Å²) in [5, 5.41) is -0.253. The van der Waals surface area contributed by atoms with E-state index in [1.165, 1.54) is 0 Å². The van der Waals surface area contributed by atoms with Crippen molar-refractivity contribution in [3.8, 4) is 5.75 Å². The zero-order valence-electron chi connectivity index (χ0n) is 14.0. The number of benzene rings is 1. The molecule has 23 heavy (non-hydrogen) atoms. The fourth-order valence-corrected chi connectivity index (χ4v) is 2.49. The van der Waals surface area contributed by atoms with Crippen LogP contribution in [0, 0.1) is 10.8 Å². The molecular weight excluding hydrogens is 384 g/mol. The quantitative estimate of drug-likeness (QED) is 0.512. The number of carbonyl (C=O) groups excluding carboxylic acids is 2. The van der Waals surface area contributed by atoms with Crippen molar-refractivity contribution < 1.29 is 19.1 Å². The van der Waals surface area contributed by atoms with Gasteiger partial charge in [0.15, 0.2) is 5.78 Å². The Bertz CT molecular complexity index is 561. The fourth-order valence-electron chi connectivity index (χ4n) is 1.53. The van der Waals surface area contributed by atoms with Gasteiger partial charge in [-0.25, -0.2) is 0 Å². The number of rotatable bonds is 6. The third-order valence-corrected chi connectivity index (χ3v) is 3.96. The predicted octanol–water partition coefficient (Wildman–Crippen LogP) is 4.62. The van der Waals surface area contributed by atoms with Gasteiger partial charge in [-0.1, -0.05) is 11.6 Å². The Kier molecular flexibility index (Phi) is 6.66. The van der Waals surface area contributed by atoms with Gasteiger partial charge in [-0.2, -0.15) is 0 Å². The molecule has 6 heteroatoms. The lowest BCUT2D eigenvalue weighted by Crippen LogP contribution is -2.39. The van der Waals surface area contributed by atoms with Crippen molar-refractivity contribution in [2.24, 2.45) is 10.8 Å². The molecule has 0 aliphatic heterocycles. The van der Waals surface area contributed by atoms with Gasteiger partial charge in [-0.3, -0.25) is 9.59 Å². The highest BCUT2D eigenvalue weighted by molar-refractivity contribution is 9.09. The first kappa shape index (κ1) is 20.0. The molecule has 0 radical (unpaired) electrons. The van der Waals surface area contributed by atoms with Gasteiger partial charge in [0.05, 0.1) is 10.8 Å². The van der Waals surface area contributed by atoms with E-state index in [0.29, 0.717) is 10.8 Å². The lowest BCUT2D eigenvalue weighted by atomic mass is 9.89. The minimum absolute atomic E-state index is 0.00594. The Hall–Kier alpha value is -1.07. The van der Waals surface area contributed by atoms with Crippen LogP contribution in [0.5, 0.6) is 5.75 Å². The van der Waals surface area contributed by atoms with Gasteiger partial charge in [0.1, 0.15) is 12.4 Å². The number of ketones is 1. The summed E-state index contributed by atoms with van der Waals surface area (Å²) in [6.07, 6.45) is 0. The molecule has 0 amide bonds. The zero-order chi connectivity index (χ0) is 17.8. The topological polar surface area (TPSA) is 52.6 Å². The number of ether oxygens (including phenoxy) is 2. The minimum atomic E-state index is -0.874. The lowest BCUT2D eigenvalue weighted by molar-refractivity contribution is -0.158. The van der Waals surface area contributed by atoms with E-state index in [1.54, 1.807) is 58.9 Å². The van der Waals surface area contributed by atoms with Gasteiger partial charge in [0.25, 0.3) is 0 Å². The Morgan fingerprint density at radius 3 is 2.13 bits per heavy atom. The van der Waals surface area contributed by atoms with Crippen molar-refractivity contribution in [2.45, 2.75) is 39.6 Å². The maximum absolute atomic E-state index is 12.5. The van der Waals surface area contributed by atoms with Crippen LogP contribution in [-0.4, -0.2) is 23.4 Å². The molecule has 0 fully saturated rings. The maximum atomic E-state index is 12.5. The molecule has 0 spiro atoms. The molecule has 4 nitrogen and oxygen atoms in total. The molecule has 1 atom stereocenters. The first-order chi connectivity index (χ1) is 10.4. The van der Waals surface area contributed by atoms with Crippen LogP contribution in [-0.2, 0) is 14.3 Å². The summed E-state index contributed by atoms with van der Waals surface area (Å²) in [5.41, 5.74) is -1.48. The van der Waals surface area contributed by atoms with Gasteiger partial charge in [-0.15, -0.1) is 0 Å². The van der Waals surface area contributed by atoms with Gasteiger partial charge >= 0.3 is 5.97 Å². The summed E-state index contributed by atoms with van der Waals surface area (Å²) < 4.78 is 10.8. The highest BCUT2D eigenvalue weighted by Crippen LogP contribution is 2.27. The Balaban J connectivity index is 2.66. The molecule has 0 N–H and O–H groups in total. The van der Waals surface area contributed by atoms with Crippen LogP contribution < -0.4 is 4.74 Å². The molecule has 0 bridgehead atoms. The van der Waals surface area contributed by atoms with Crippen LogP contribution in [0.15, 0.2) is 24.3 Å². The minimum Gasteiger partial charge on any atom is -0.471 e. The molecule has 1 aromatic rings. The standard InChI is InChI=1S/C17H22BrClO4/c1-16(2,3)15(21)22-10-17(4,5)13(20)14(18)23-12-8-6-11(19)7-9-12/h6-9,14H,10H2,1-5H3. The van der Waals surface area contributed by atoms with Crippen molar-refractivity contribution in [1.82, 2.24) is 0 Å². The van der Waals surface area contributed by atoms with Crippen molar-refractivity contribution >= 4 is 39.3 Å². The maximum Gasteiger partial charge on any atom is 0.311 e. The molecule has 1 unspecified atom stereocenters.